The summed E-state index contributed by atoms with van der Waals surface area (Å²) < 4.78 is 2.07. The number of amides is 1. The van der Waals surface area contributed by atoms with Gasteiger partial charge in [-0.1, -0.05) is 0 Å². The highest BCUT2D eigenvalue weighted by atomic mass is 16.1. The van der Waals surface area contributed by atoms with Gasteiger partial charge in [-0.25, -0.2) is 0 Å². The minimum atomic E-state index is 0.0590. The van der Waals surface area contributed by atoms with Crippen molar-refractivity contribution in [3.63, 3.8) is 0 Å². The average Bonchev–Trinajstić information content (AvgIpc) is 2.89. The maximum atomic E-state index is 12.5. The third kappa shape index (κ3) is 2.23. The van der Waals surface area contributed by atoms with Crippen LogP contribution < -0.4 is 5.32 Å². The van der Waals surface area contributed by atoms with Crippen LogP contribution in [0.3, 0.4) is 0 Å². The number of fused-ring (bicyclic) bond motifs is 4. The number of carbonyl (C=O) groups is 1. The van der Waals surface area contributed by atoms with Gasteiger partial charge >= 0.3 is 0 Å². The predicted octanol–water partition coefficient (Wildman–Crippen LogP) is 2.07. The number of hydrogen-bond acceptors (Lipinski definition) is 2. The highest BCUT2D eigenvalue weighted by molar-refractivity contribution is 5.94. The molecule has 0 radical (unpaired) electrons. The van der Waals surface area contributed by atoms with Gasteiger partial charge in [0.2, 0.25) is 0 Å². The van der Waals surface area contributed by atoms with Gasteiger partial charge in [-0.15, -0.1) is 0 Å². The summed E-state index contributed by atoms with van der Waals surface area (Å²) in [6, 6.07) is 8.40. The molecule has 0 spiro atoms. The fourth-order valence-corrected chi connectivity index (χ4v) is 3.75. The Morgan fingerprint density at radius 3 is 2.67 bits per heavy atom. The summed E-state index contributed by atoms with van der Waals surface area (Å²) in [5, 5.41) is 3.25. The number of piperidine rings is 3. The van der Waals surface area contributed by atoms with Crippen LogP contribution in [0, 0.1) is 12.8 Å². The van der Waals surface area contributed by atoms with E-state index in [-0.39, 0.29) is 5.91 Å². The topological polar surface area (TPSA) is 36.8 Å². The molecule has 21 heavy (non-hydrogen) atoms. The summed E-state index contributed by atoms with van der Waals surface area (Å²) in [6.07, 6.45) is 4.39. The zero-order chi connectivity index (χ0) is 14.4. The fraction of sp³-hybridized carbons (Fsp3) is 0.471. The molecule has 0 aromatic carbocycles. The van der Waals surface area contributed by atoms with E-state index >= 15 is 0 Å². The molecule has 3 saturated heterocycles. The molecule has 3 aliphatic heterocycles. The van der Waals surface area contributed by atoms with E-state index in [9.17, 15) is 4.79 Å². The van der Waals surface area contributed by atoms with Crippen LogP contribution in [0.5, 0.6) is 0 Å². The lowest BCUT2D eigenvalue weighted by Crippen LogP contribution is -2.57. The third-order valence-corrected chi connectivity index (χ3v) is 5.09. The minimum Gasteiger partial charge on any atom is -0.348 e. The van der Waals surface area contributed by atoms with Crippen LogP contribution in [-0.2, 0) is 0 Å². The number of aryl methyl sites for hydroxylation is 1. The Hall–Kier alpha value is -1.81. The first-order valence-corrected chi connectivity index (χ1v) is 7.82. The molecule has 1 amide bonds. The molecule has 2 aromatic rings. The Kier molecular flexibility index (Phi) is 3.00. The number of nitrogens with one attached hydrogen (secondary N) is 1. The van der Waals surface area contributed by atoms with Crippen LogP contribution in [0.2, 0.25) is 0 Å². The van der Waals surface area contributed by atoms with E-state index < -0.39 is 0 Å². The van der Waals surface area contributed by atoms with Gasteiger partial charge in [-0.2, -0.15) is 0 Å². The molecule has 4 nitrogen and oxygen atoms in total. The van der Waals surface area contributed by atoms with E-state index in [2.05, 4.69) is 33.7 Å². The van der Waals surface area contributed by atoms with Crippen LogP contribution >= 0.6 is 0 Å². The number of nitrogens with zero attached hydrogens (tertiary/aromatic N) is 2. The van der Waals surface area contributed by atoms with Crippen molar-refractivity contribution in [1.82, 2.24) is 14.6 Å². The summed E-state index contributed by atoms with van der Waals surface area (Å²) in [4.78, 5) is 15.0. The molecular weight excluding hydrogens is 262 g/mol. The Balaban J connectivity index is 1.54. The van der Waals surface area contributed by atoms with E-state index in [1.54, 1.807) is 0 Å². The average molecular weight is 283 g/mol. The van der Waals surface area contributed by atoms with Crippen molar-refractivity contribution < 1.29 is 4.79 Å². The number of hydrogen-bond donors (Lipinski definition) is 1. The molecule has 5 rings (SSSR count). The maximum Gasteiger partial charge on any atom is 0.253 e. The third-order valence-electron chi connectivity index (χ3n) is 5.09. The second-order valence-corrected chi connectivity index (χ2v) is 6.41. The highest BCUT2D eigenvalue weighted by Gasteiger charge is 2.34. The Labute approximate surface area is 124 Å². The SMILES string of the molecule is Cc1ccc2ccc(C(=O)NC3CN4CCC3CC4)cn12. The van der Waals surface area contributed by atoms with Crippen molar-refractivity contribution in [1.29, 1.82) is 0 Å². The van der Waals surface area contributed by atoms with Gasteiger partial charge in [-0.3, -0.25) is 4.79 Å². The maximum absolute atomic E-state index is 12.5. The van der Waals surface area contributed by atoms with Crippen molar-refractivity contribution in [3.05, 3.63) is 41.7 Å². The Morgan fingerprint density at radius 1 is 1.19 bits per heavy atom. The molecule has 3 fully saturated rings. The standard InChI is InChI=1S/C17H21N3O/c1-12-2-4-15-5-3-14(10-20(12)15)17(21)18-16-11-19-8-6-13(16)7-9-19/h2-5,10,13,16H,6-9,11H2,1H3,(H,18,21). The summed E-state index contributed by atoms with van der Waals surface area (Å²) >= 11 is 0. The molecule has 4 heteroatoms. The van der Waals surface area contributed by atoms with Crippen molar-refractivity contribution in [3.8, 4) is 0 Å². The normalized spacial score (nSPS) is 28.0. The molecule has 1 atom stereocenters. The lowest BCUT2D eigenvalue weighted by atomic mass is 9.84. The monoisotopic (exact) mass is 283 g/mol. The van der Waals surface area contributed by atoms with Gasteiger partial charge in [0.15, 0.2) is 0 Å². The number of pyridine rings is 1. The molecular formula is C17H21N3O. The summed E-state index contributed by atoms with van der Waals surface area (Å²) in [5.41, 5.74) is 3.03. The van der Waals surface area contributed by atoms with Crippen LogP contribution in [-0.4, -0.2) is 40.9 Å². The van der Waals surface area contributed by atoms with Gasteiger partial charge in [0.1, 0.15) is 0 Å². The predicted molar refractivity (Wildman–Crippen MR) is 82.6 cm³/mol. The summed E-state index contributed by atoms with van der Waals surface area (Å²) in [6.45, 7) is 5.47. The zero-order valence-electron chi connectivity index (χ0n) is 12.4. The number of rotatable bonds is 2. The highest BCUT2D eigenvalue weighted by Crippen LogP contribution is 2.27. The molecule has 2 bridgehead atoms. The Bertz CT molecular complexity index is 682. The van der Waals surface area contributed by atoms with Gasteiger partial charge in [0.05, 0.1) is 5.56 Å². The molecule has 1 N–H and O–H groups in total. The fourth-order valence-electron chi connectivity index (χ4n) is 3.75. The summed E-state index contributed by atoms with van der Waals surface area (Å²) in [7, 11) is 0. The molecule has 3 aliphatic rings. The lowest BCUT2D eigenvalue weighted by molar-refractivity contribution is 0.0620. The van der Waals surface area contributed by atoms with E-state index in [0.29, 0.717) is 12.0 Å². The van der Waals surface area contributed by atoms with E-state index in [1.165, 1.54) is 25.9 Å². The second-order valence-electron chi connectivity index (χ2n) is 6.41. The lowest BCUT2D eigenvalue weighted by Gasteiger charge is -2.44. The van der Waals surface area contributed by atoms with Crippen molar-refractivity contribution in [2.24, 2.45) is 5.92 Å². The molecule has 5 heterocycles. The van der Waals surface area contributed by atoms with Crippen molar-refractivity contribution in [2.45, 2.75) is 25.8 Å². The van der Waals surface area contributed by atoms with Gasteiger partial charge in [0.25, 0.3) is 5.91 Å². The Morgan fingerprint density at radius 2 is 1.95 bits per heavy atom. The second kappa shape index (κ2) is 4.88. The molecule has 0 saturated carbocycles. The smallest absolute Gasteiger partial charge is 0.253 e. The van der Waals surface area contributed by atoms with Crippen molar-refractivity contribution in [2.75, 3.05) is 19.6 Å². The minimum absolute atomic E-state index is 0.0590. The van der Waals surface area contributed by atoms with E-state index in [0.717, 1.165) is 23.3 Å². The summed E-state index contributed by atoms with van der Waals surface area (Å²) in [5.74, 6) is 0.722. The van der Waals surface area contributed by atoms with Crippen molar-refractivity contribution >= 4 is 11.4 Å². The first-order valence-electron chi connectivity index (χ1n) is 7.82. The molecule has 1 unspecified atom stereocenters. The quantitative estimate of drug-likeness (QED) is 0.916. The molecule has 110 valence electrons. The van der Waals surface area contributed by atoms with E-state index in [4.69, 9.17) is 0 Å². The molecule has 2 aromatic heterocycles. The van der Waals surface area contributed by atoms with Crippen LogP contribution in [0.15, 0.2) is 30.5 Å². The van der Waals surface area contributed by atoms with Gasteiger partial charge in [0, 0.05) is 30.0 Å². The van der Waals surface area contributed by atoms with E-state index in [1.807, 2.05) is 18.3 Å². The zero-order valence-corrected chi connectivity index (χ0v) is 12.4. The number of carbonyl (C=O) groups excluding carboxylic acids is 1. The van der Waals surface area contributed by atoms with Gasteiger partial charge < -0.3 is 14.6 Å². The van der Waals surface area contributed by atoms with Crippen LogP contribution in [0.25, 0.3) is 5.52 Å². The van der Waals surface area contributed by atoms with Crippen LogP contribution in [0.1, 0.15) is 28.9 Å². The first kappa shape index (κ1) is 12.9. The molecule has 0 aliphatic carbocycles. The van der Waals surface area contributed by atoms with Gasteiger partial charge in [-0.05, 0) is 63.0 Å². The van der Waals surface area contributed by atoms with Crippen LogP contribution in [0.4, 0.5) is 0 Å². The number of aromatic nitrogens is 1. The first-order chi connectivity index (χ1) is 10.2. The largest absolute Gasteiger partial charge is 0.348 e.